The van der Waals surface area contributed by atoms with E-state index in [2.05, 4.69) is 4.98 Å². The molecular weight excluding hydrogens is 332 g/mol. The van der Waals surface area contributed by atoms with Crippen molar-refractivity contribution in [1.29, 1.82) is 0 Å². The van der Waals surface area contributed by atoms with Gasteiger partial charge in [-0.15, -0.1) is 0 Å². The maximum absolute atomic E-state index is 11.0. The van der Waals surface area contributed by atoms with Gasteiger partial charge in [0.25, 0.3) is 0 Å². The number of carboxylic acid groups (broad SMARTS) is 1. The molecule has 2 aromatic rings. The van der Waals surface area contributed by atoms with Crippen LogP contribution in [0.15, 0.2) is 36.5 Å². The van der Waals surface area contributed by atoms with Crippen LogP contribution in [0, 0.1) is 0 Å². The van der Waals surface area contributed by atoms with Gasteiger partial charge in [0, 0.05) is 24.5 Å². The Labute approximate surface area is 154 Å². The molecule has 0 radical (unpaired) electrons. The summed E-state index contributed by atoms with van der Waals surface area (Å²) in [6, 6.07) is 9.01. The molecule has 6 heteroatoms. The van der Waals surface area contributed by atoms with Gasteiger partial charge >= 0.3 is 5.97 Å². The molecule has 140 valence electrons. The van der Waals surface area contributed by atoms with Crippen LogP contribution in [0.2, 0.25) is 0 Å². The third-order valence-corrected chi connectivity index (χ3v) is 3.55. The van der Waals surface area contributed by atoms with Crippen molar-refractivity contribution in [2.45, 2.75) is 46.8 Å². The van der Waals surface area contributed by atoms with E-state index in [4.69, 9.17) is 14.6 Å². The largest absolute Gasteiger partial charge is 0.487 e. The molecule has 26 heavy (non-hydrogen) atoms. The highest BCUT2D eigenvalue weighted by Crippen LogP contribution is 2.35. The fourth-order valence-corrected chi connectivity index (χ4v) is 2.51. The second-order valence-corrected chi connectivity index (χ2v) is 6.42. The van der Waals surface area contributed by atoms with Gasteiger partial charge < -0.3 is 19.5 Å². The van der Waals surface area contributed by atoms with E-state index in [1.807, 2.05) is 57.7 Å². The minimum atomic E-state index is -0.991. The summed E-state index contributed by atoms with van der Waals surface area (Å²) in [6.45, 7) is 10.6. The lowest BCUT2D eigenvalue weighted by atomic mass is 10.2. The minimum absolute atomic E-state index is 0.0165. The van der Waals surface area contributed by atoms with Crippen molar-refractivity contribution >= 4 is 17.5 Å². The number of aromatic carboxylic acids is 1. The van der Waals surface area contributed by atoms with Crippen molar-refractivity contribution in [3.8, 4) is 11.5 Å². The van der Waals surface area contributed by atoms with Crippen LogP contribution in [0.25, 0.3) is 0 Å². The number of hydrogen-bond acceptors (Lipinski definition) is 5. The molecule has 1 heterocycles. The van der Waals surface area contributed by atoms with E-state index in [9.17, 15) is 4.79 Å². The summed E-state index contributed by atoms with van der Waals surface area (Å²) in [5.74, 6) is 1.05. The van der Waals surface area contributed by atoms with Crippen LogP contribution in [0.1, 0.15) is 45.0 Å². The first-order chi connectivity index (χ1) is 12.3. The first kappa shape index (κ1) is 19.6. The van der Waals surface area contributed by atoms with Crippen LogP contribution in [0.3, 0.4) is 0 Å². The van der Waals surface area contributed by atoms with Crippen molar-refractivity contribution in [3.05, 3.63) is 42.1 Å². The molecular formula is C20H26N2O4. The normalized spacial score (nSPS) is 10.9. The van der Waals surface area contributed by atoms with E-state index in [0.29, 0.717) is 23.9 Å². The molecule has 6 nitrogen and oxygen atoms in total. The van der Waals surface area contributed by atoms with Gasteiger partial charge in [-0.2, -0.15) is 0 Å². The lowest BCUT2D eigenvalue weighted by Gasteiger charge is -2.24. The Morgan fingerprint density at radius 3 is 2.23 bits per heavy atom. The molecule has 0 amide bonds. The highest BCUT2D eigenvalue weighted by atomic mass is 16.5. The number of pyridine rings is 1. The summed E-state index contributed by atoms with van der Waals surface area (Å²) < 4.78 is 11.8. The van der Waals surface area contributed by atoms with Gasteiger partial charge in [-0.05, 0) is 58.9 Å². The summed E-state index contributed by atoms with van der Waals surface area (Å²) in [6.07, 6.45) is 1.42. The average molecular weight is 358 g/mol. The molecule has 0 unspecified atom stereocenters. The van der Waals surface area contributed by atoms with Crippen LogP contribution in [0.4, 0.5) is 11.5 Å². The number of ether oxygens (including phenoxy) is 2. The Hall–Kier alpha value is -2.76. The molecule has 0 saturated carbocycles. The number of hydrogen-bond donors (Lipinski definition) is 1. The van der Waals surface area contributed by atoms with E-state index in [0.717, 1.165) is 5.69 Å². The summed E-state index contributed by atoms with van der Waals surface area (Å²) in [7, 11) is 0. The first-order valence-corrected chi connectivity index (χ1v) is 8.76. The molecule has 0 aliphatic heterocycles. The summed E-state index contributed by atoms with van der Waals surface area (Å²) >= 11 is 0. The van der Waals surface area contributed by atoms with Crippen molar-refractivity contribution in [3.63, 3.8) is 0 Å². The average Bonchev–Trinajstić information content (AvgIpc) is 2.57. The van der Waals surface area contributed by atoms with Crippen molar-refractivity contribution < 1.29 is 19.4 Å². The smallest absolute Gasteiger partial charge is 0.337 e. The van der Waals surface area contributed by atoms with Gasteiger partial charge in [0.1, 0.15) is 5.82 Å². The molecule has 0 fully saturated rings. The van der Waals surface area contributed by atoms with Crippen molar-refractivity contribution in [2.24, 2.45) is 0 Å². The Morgan fingerprint density at radius 2 is 1.73 bits per heavy atom. The predicted octanol–water partition coefficient (Wildman–Crippen LogP) is 4.51. The van der Waals surface area contributed by atoms with Gasteiger partial charge in [-0.3, -0.25) is 0 Å². The maximum Gasteiger partial charge on any atom is 0.337 e. The Kier molecular flexibility index (Phi) is 6.44. The Bertz CT molecular complexity index is 742. The van der Waals surface area contributed by atoms with E-state index in [1.54, 1.807) is 12.1 Å². The number of rotatable bonds is 8. The summed E-state index contributed by atoms with van der Waals surface area (Å²) in [4.78, 5) is 17.3. The first-order valence-electron chi connectivity index (χ1n) is 8.76. The molecule has 0 saturated heterocycles. The van der Waals surface area contributed by atoms with Crippen LogP contribution in [-0.2, 0) is 0 Å². The second kappa shape index (κ2) is 8.56. The van der Waals surface area contributed by atoms with Crippen LogP contribution < -0.4 is 14.4 Å². The molecule has 1 N–H and O–H groups in total. The van der Waals surface area contributed by atoms with Crippen molar-refractivity contribution in [2.75, 3.05) is 11.4 Å². The zero-order valence-electron chi connectivity index (χ0n) is 15.9. The summed E-state index contributed by atoms with van der Waals surface area (Å²) in [5.41, 5.74) is 1.06. The van der Waals surface area contributed by atoms with Crippen LogP contribution in [-0.4, -0.2) is 34.8 Å². The minimum Gasteiger partial charge on any atom is -0.487 e. The number of aromatic nitrogens is 1. The lowest BCUT2D eigenvalue weighted by molar-refractivity contribution is 0.0696. The van der Waals surface area contributed by atoms with Crippen LogP contribution >= 0.6 is 0 Å². The predicted molar refractivity (Wildman–Crippen MR) is 102 cm³/mol. The molecule has 0 bridgehead atoms. The number of carbonyl (C=O) groups is 1. The van der Waals surface area contributed by atoms with E-state index in [1.165, 1.54) is 6.20 Å². The molecule has 0 aliphatic carbocycles. The van der Waals surface area contributed by atoms with E-state index in [-0.39, 0.29) is 17.8 Å². The maximum atomic E-state index is 11.0. The van der Waals surface area contributed by atoms with Gasteiger partial charge in [-0.25, -0.2) is 9.78 Å². The van der Waals surface area contributed by atoms with E-state index < -0.39 is 5.97 Å². The van der Waals surface area contributed by atoms with Gasteiger partial charge in [0.15, 0.2) is 11.5 Å². The zero-order valence-corrected chi connectivity index (χ0v) is 15.9. The number of anilines is 2. The molecule has 0 atom stereocenters. The Morgan fingerprint density at radius 1 is 1.08 bits per heavy atom. The fraction of sp³-hybridized carbons (Fsp3) is 0.400. The van der Waals surface area contributed by atoms with Gasteiger partial charge in [0.05, 0.1) is 17.8 Å². The molecule has 0 aliphatic rings. The standard InChI is InChI=1S/C20H26N2O4/c1-6-22(19-10-7-15(12-21-19)20(23)24)16-8-9-17(25-13(2)3)18(11-16)26-14(4)5/h7-14H,6H2,1-5H3,(H,23,24). The molecule has 2 rings (SSSR count). The van der Waals surface area contributed by atoms with Gasteiger partial charge in [0.2, 0.25) is 0 Å². The number of nitrogens with zero attached hydrogens (tertiary/aromatic N) is 2. The van der Waals surface area contributed by atoms with E-state index >= 15 is 0 Å². The fourth-order valence-electron chi connectivity index (χ4n) is 2.51. The monoisotopic (exact) mass is 358 g/mol. The lowest BCUT2D eigenvalue weighted by Crippen LogP contribution is -2.18. The quantitative estimate of drug-likeness (QED) is 0.748. The van der Waals surface area contributed by atoms with Crippen molar-refractivity contribution in [1.82, 2.24) is 4.98 Å². The third-order valence-electron chi connectivity index (χ3n) is 3.55. The SMILES string of the molecule is CCN(c1ccc(OC(C)C)c(OC(C)C)c1)c1ccc(C(=O)O)cn1. The highest BCUT2D eigenvalue weighted by molar-refractivity contribution is 5.87. The highest BCUT2D eigenvalue weighted by Gasteiger charge is 2.15. The molecule has 1 aromatic carbocycles. The second-order valence-electron chi connectivity index (χ2n) is 6.42. The van der Waals surface area contributed by atoms with Gasteiger partial charge in [-0.1, -0.05) is 0 Å². The third kappa shape index (κ3) is 4.88. The zero-order chi connectivity index (χ0) is 19.3. The summed E-state index contributed by atoms with van der Waals surface area (Å²) in [5, 5.41) is 9.03. The topological polar surface area (TPSA) is 71.9 Å². The number of carboxylic acids is 1. The number of benzene rings is 1. The van der Waals surface area contributed by atoms with Crippen LogP contribution in [0.5, 0.6) is 11.5 Å². The molecule has 1 aromatic heterocycles. The molecule has 0 spiro atoms. The Balaban J connectivity index is 2.38.